The first kappa shape index (κ1) is 13.0. The summed E-state index contributed by atoms with van der Waals surface area (Å²) in [7, 11) is 1.86. The Kier molecular flexibility index (Phi) is 3.61. The molecule has 18 heavy (non-hydrogen) atoms. The molecule has 96 valence electrons. The largest absolute Gasteiger partial charge is 0.373 e. The first-order chi connectivity index (χ1) is 8.48. The van der Waals surface area contributed by atoms with Crippen LogP contribution in [-0.4, -0.2) is 22.2 Å². The van der Waals surface area contributed by atoms with E-state index >= 15 is 0 Å². The lowest BCUT2D eigenvalue weighted by atomic mass is 9.93. The molecule has 0 spiro atoms. The molecule has 2 aromatic heterocycles. The van der Waals surface area contributed by atoms with E-state index in [2.05, 4.69) is 41.3 Å². The van der Waals surface area contributed by atoms with Crippen LogP contribution in [0.3, 0.4) is 0 Å². The highest BCUT2D eigenvalue weighted by Gasteiger charge is 2.16. The molecule has 0 aromatic carbocycles. The lowest BCUT2D eigenvalue weighted by Crippen LogP contribution is -2.08. The molecule has 0 amide bonds. The van der Waals surface area contributed by atoms with Gasteiger partial charge in [-0.25, -0.2) is 4.98 Å². The van der Waals surface area contributed by atoms with Gasteiger partial charge in [-0.15, -0.1) is 10.2 Å². The van der Waals surface area contributed by atoms with Crippen LogP contribution in [-0.2, 0) is 6.42 Å². The van der Waals surface area contributed by atoms with Crippen molar-refractivity contribution < 1.29 is 0 Å². The molecule has 1 N–H and O–H groups in total. The normalized spacial score (nSPS) is 11.6. The number of hydrogen-bond donors (Lipinski definition) is 1. The van der Waals surface area contributed by atoms with Crippen molar-refractivity contribution in [2.24, 2.45) is 5.41 Å². The van der Waals surface area contributed by atoms with Crippen molar-refractivity contribution in [3.8, 4) is 10.7 Å². The molecular weight excluding hydrogens is 244 g/mol. The van der Waals surface area contributed by atoms with Crippen molar-refractivity contribution in [2.75, 3.05) is 12.4 Å². The van der Waals surface area contributed by atoms with Crippen molar-refractivity contribution in [3.05, 3.63) is 23.2 Å². The minimum atomic E-state index is 0.233. The maximum Gasteiger partial charge on any atom is 0.166 e. The van der Waals surface area contributed by atoms with Crippen molar-refractivity contribution in [3.63, 3.8) is 0 Å². The summed E-state index contributed by atoms with van der Waals surface area (Å²) >= 11 is 1.62. The molecule has 0 fully saturated rings. The van der Waals surface area contributed by atoms with Gasteiger partial charge in [-0.3, -0.25) is 0 Å². The highest BCUT2D eigenvalue weighted by molar-refractivity contribution is 7.14. The zero-order valence-electron chi connectivity index (χ0n) is 11.2. The van der Waals surface area contributed by atoms with Gasteiger partial charge >= 0.3 is 0 Å². The second kappa shape index (κ2) is 5.02. The summed E-state index contributed by atoms with van der Waals surface area (Å²) in [5.41, 5.74) is 1.11. The molecule has 2 heterocycles. The van der Waals surface area contributed by atoms with E-state index in [0.717, 1.165) is 27.9 Å². The topological polar surface area (TPSA) is 50.7 Å². The average molecular weight is 262 g/mol. The van der Waals surface area contributed by atoms with Gasteiger partial charge in [0.1, 0.15) is 16.5 Å². The Morgan fingerprint density at radius 3 is 2.67 bits per heavy atom. The Bertz CT molecular complexity index is 528. The fourth-order valence-electron chi connectivity index (χ4n) is 1.58. The van der Waals surface area contributed by atoms with Crippen LogP contribution in [0.2, 0.25) is 0 Å². The van der Waals surface area contributed by atoms with E-state index in [1.165, 1.54) is 0 Å². The van der Waals surface area contributed by atoms with Gasteiger partial charge in [-0.2, -0.15) is 0 Å². The molecule has 0 aliphatic heterocycles. The Morgan fingerprint density at radius 2 is 2.00 bits per heavy atom. The molecule has 0 saturated heterocycles. The van der Waals surface area contributed by atoms with Crippen LogP contribution < -0.4 is 5.32 Å². The summed E-state index contributed by atoms with van der Waals surface area (Å²) in [5, 5.41) is 13.4. The molecule has 0 aliphatic rings. The first-order valence-electron chi connectivity index (χ1n) is 5.95. The van der Waals surface area contributed by atoms with Gasteiger partial charge in [0.05, 0.1) is 0 Å². The molecule has 5 heteroatoms. The van der Waals surface area contributed by atoms with Crippen LogP contribution in [0.1, 0.15) is 25.8 Å². The van der Waals surface area contributed by atoms with Crippen LogP contribution in [0.25, 0.3) is 10.7 Å². The Labute approximate surface area is 111 Å². The molecule has 2 rings (SSSR count). The third-order valence-corrected chi connectivity index (χ3v) is 3.32. The van der Waals surface area contributed by atoms with E-state index in [9.17, 15) is 0 Å². The van der Waals surface area contributed by atoms with Crippen molar-refractivity contribution in [1.29, 1.82) is 0 Å². The predicted octanol–water partition coefficient (Wildman–Crippen LogP) is 3.23. The van der Waals surface area contributed by atoms with Gasteiger partial charge in [0.15, 0.2) is 5.01 Å². The Balaban J connectivity index is 2.23. The van der Waals surface area contributed by atoms with E-state index in [-0.39, 0.29) is 5.41 Å². The summed E-state index contributed by atoms with van der Waals surface area (Å²) in [4.78, 5) is 4.47. The number of aromatic nitrogens is 3. The molecule has 4 nitrogen and oxygen atoms in total. The number of pyridine rings is 1. The summed E-state index contributed by atoms with van der Waals surface area (Å²) < 4.78 is 0. The maximum absolute atomic E-state index is 4.47. The molecule has 0 aliphatic carbocycles. The number of hydrogen-bond acceptors (Lipinski definition) is 5. The second-order valence-corrected chi connectivity index (χ2v) is 6.46. The first-order valence-corrected chi connectivity index (χ1v) is 6.77. The number of rotatable bonds is 3. The minimum absolute atomic E-state index is 0.233. The van der Waals surface area contributed by atoms with Gasteiger partial charge < -0.3 is 5.32 Å². The monoisotopic (exact) mass is 262 g/mol. The highest BCUT2D eigenvalue weighted by atomic mass is 32.1. The number of nitrogens with one attached hydrogen (secondary N) is 1. The van der Waals surface area contributed by atoms with Gasteiger partial charge in [0.25, 0.3) is 0 Å². The van der Waals surface area contributed by atoms with E-state index in [1.54, 1.807) is 11.3 Å². The van der Waals surface area contributed by atoms with Crippen molar-refractivity contribution in [1.82, 2.24) is 15.2 Å². The second-order valence-electron chi connectivity index (χ2n) is 5.40. The lowest BCUT2D eigenvalue weighted by molar-refractivity contribution is 0.409. The summed E-state index contributed by atoms with van der Waals surface area (Å²) in [6.07, 6.45) is 0.941. The van der Waals surface area contributed by atoms with Gasteiger partial charge in [0, 0.05) is 13.5 Å². The zero-order chi connectivity index (χ0) is 13.2. The SMILES string of the molecule is CNc1cccc(-c2nnc(CC(C)(C)C)s2)n1. The Hall–Kier alpha value is -1.49. The molecule has 0 radical (unpaired) electrons. The third-order valence-electron chi connectivity index (χ3n) is 2.37. The van der Waals surface area contributed by atoms with Gasteiger partial charge in [0.2, 0.25) is 0 Å². The van der Waals surface area contributed by atoms with Crippen LogP contribution >= 0.6 is 11.3 Å². The number of nitrogens with zero attached hydrogens (tertiary/aromatic N) is 3. The van der Waals surface area contributed by atoms with E-state index in [1.807, 2.05) is 25.2 Å². The smallest absolute Gasteiger partial charge is 0.166 e. The van der Waals surface area contributed by atoms with E-state index in [4.69, 9.17) is 0 Å². The third kappa shape index (κ3) is 3.26. The van der Waals surface area contributed by atoms with E-state index in [0.29, 0.717) is 0 Å². The molecule has 0 saturated carbocycles. The molecule has 0 atom stereocenters. The standard InChI is InChI=1S/C13H18N4S/c1-13(2,3)8-11-16-17-12(18-11)9-6-5-7-10(14-4)15-9/h5-7H,8H2,1-4H3,(H,14,15). The molecule has 0 unspecified atom stereocenters. The van der Waals surface area contributed by atoms with E-state index < -0.39 is 0 Å². The van der Waals surface area contributed by atoms with Crippen LogP contribution in [0.4, 0.5) is 5.82 Å². The summed E-state index contributed by atoms with van der Waals surface area (Å²) in [6, 6.07) is 5.86. The van der Waals surface area contributed by atoms with Gasteiger partial charge in [-0.1, -0.05) is 38.2 Å². The summed E-state index contributed by atoms with van der Waals surface area (Å²) in [5.74, 6) is 0.847. The molecule has 0 bridgehead atoms. The molecular formula is C13H18N4S. The predicted molar refractivity (Wildman–Crippen MR) is 75.8 cm³/mol. The van der Waals surface area contributed by atoms with Crippen molar-refractivity contribution >= 4 is 17.2 Å². The maximum atomic E-state index is 4.47. The van der Waals surface area contributed by atoms with Crippen LogP contribution in [0.15, 0.2) is 18.2 Å². The summed E-state index contributed by atoms with van der Waals surface area (Å²) in [6.45, 7) is 6.61. The highest BCUT2D eigenvalue weighted by Crippen LogP contribution is 2.27. The fraction of sp³-hybridized carbons (Fsp3) is 0.462. The van der Waals surface area contributed by atoms with Crippen LogP contribution in [0.5, 0.6) is 0 Å². The zero-order valence-corrected chi connectivity index (χ0v) is 12.0. The van der Waals surface area contributed by atoms with Gasteiger partial charge in [-0.05, 0) is 17.5 Å². The van der Waals surface area contributed by atoms with Crippen molar-refractivity contribution in [2.45, 2.75) is 27.2 Å². The number of anilines is 1. The minimum Gasteiger partial charge on any atom is -0.373 e. The average Bonchev–Trinajstić information content (AvgIpc) is 2.75. The molecule has 2 aromatic rings. The fourth-order valence-corrected chi connectivity index (χ4v) is 2.69. The quantitative estimate of drug-likeness (QED) is 0.922. The Morgan fingerprint density at radius 1 is 1.22 bits per heavy atom. The van der Waals surface area contributed by atoms with Crippen LogP contribution in [0, 0.1) is 5.41 Å². The lowest BCUT2D eigenvalue weighted by Gasteiger charge is -2.14.